The molecule has 0 aromatic carbocycles. The molecular weight excluding hydrogens is 252 g/mol. The van der Waals surface area contributed by atoms with Crippen LogP contribution in [0.2, 0.25) is 0 Å². The average molecular weight is 284 g/mol. The van der Waals surface area contributed by atoms with E-state index in [4.69, 9.17) is 4.74 Å². The number of aliphatic hydroxyl groups excluding tert-OH is 1. The van der Waals surface area contributed by atoms with Crippen LogP contribution in [0.1, 0.15) is 52.9 Å². The lowest BCUT2D eigenvalue weighted by atomic mass is 9.89. The van der Waals surface area contributed by atoms with Crippen LogP contribution in [0.5, 0.6) is 0 Å². The van der Waals surface area contributed by atoms with Crippen LogP contribution in [0.15, 0.2) is 0 Å². The van der Waals surface area contributed by atoms with Crippen LogP contribution in [-0.4, -0.2) is 60.0 Å². The van der Waals surface area contributed by atoms with Gasteiger partial charge in [0.2, 0.25) is 0 Å². The minimum Gasteiger partial charge on any atom is -0.394 e. The van der Waals surface area contributed by atoms with E-state index in [1.165, 1.54) is 19.3 Å². The lowest BCUT2D eigenvalue weighted by Gasteiger charge is -2.44. The fourth-order valence-electron chi connectivity index (χ4n) is 3.46. The summed E-state index contributed by atoms with van der Waals surface area (Å²) in [5, 5.41) is 13.4. The van der Waals surface area contributed by atoms with Crippen molar-refractivity contribution in [1.82, 2.24) is 10.2 Å². The van der Waals surface area contributed by atoms with Crippen molar-refractivity contribution >= 4 is 0 Å². The quantitative estimate of drug-likeness (QED) is 0.748. The molecule has 2 N–H and O–H groups in total. The lowest BCUT2D eigenvalue weighted by molar-refractivity contribution is -0.0631. The number of ether oxygens (including phenoxy) is 1. The van der Waals surface area contributed by atoms with Gasteiger partial charge in [-0.05, 0) is 59.4 Å². The van der Waals surface area contributed by atoms with Crippen LogP contribution in [0.3, 0.4) is 0 Å². The standard InChI is InChI=1S/C16H32N2O2/c1-13(10-15(2,12-19)17-14-6-7-14)18-9-5-8-16(3,11-18)20-4/h13-14,17,19H,5-12H2,1-4H3. The molecular formula is C16H32N2O2. The third-order valence-electron chi connectivity index (χ3n) is 5.03. The third-order valence-corrected chi connectivity index (χ3v) is 5.03. The van der Waals surface area contributed by atoms with Crippen LogP contribution in [0.4, 0.5) is 0 Å². The molecule has 2 aliphatic rings. The summed E-state index contributed by atoms with van der Waals surface area (Å²) in [4.78, 5) is 2.52. The van der Waals surface area contributed by atoms with Crippen molar-refractivity contribution in [2.24, 2.45) is 0 Å². The zero-order valence-corrected chi connectivity index (χ0v) is 13.6. The second-order valence-electron chi connectivity index (χ2n) is 7.42. The minimum absolute atomic E-state index is 0.00789. The van der Waals surface area contributed by atoms with Gasteiger partial charge in [-0.15, -0.1) is 0 Å². The monoisotopic (exact) mass is 284 g/mol. The lowest BCUT2D eigenvalue weighted by Crippen LogP contribution is -2.55. The summed E-state index contributed by atoms with van der Waals surface area (Å²) in [6, 6.07) is 1.10. The topological polar surface area (TPSA) is 44.7 Å². The van der Waals surface area contributed by atoms with E-state index in [9.17, 15) is 5.11 Å². The summed E-state index contributed by atoms with van der Waals surface area (Å²) in [6.07, 6.45) is 5.84. The SMILES string of the molecule is COC1(C)CCCN(C(C)CC(C)(CO)NC2CC2)C1. The number of hydrogen-bond donors (Lipinski definition) is 2. The number of hydrogen-bond acceptors (Lipinski definition) is 4. The Bertz CT molecular complexity index is 322. The van der Waals surface area contributed by atoms with Gasteiger partial charge in [-0.2, -0.15) is 0 Å². The predicted octanol–water partition coefficient (Wildman–Crippen LogP) is 1.77. The van der Waals surface area contributed by atoms with E-state index in [2.05, 4.69) is 31.0 Å². The maximum atomic E-state index is 9.75. The van der Waals surface area contributed by atoms with E-state index in [1.54, 1.807) is 0 Å². The summed E-state index contributed by atoms with van der Waals surface area (Å²) in [6.45, 7) is 8.99. The number of rotatable bonds is 7. The van der Waals surface area contributed by atoms with Crippen molar-refractivity contribution < 1.29 is 9.84 Å². The van der Waals surface area contributed by atoms with Crippen molar-refractivity contribution in [2.75, 3.05) is 26.8 Å². The molecule has 0 radical (unpaired) electrons. The van der Waals surface area contributed by atoms with Crippen LogP contribution in [-0.2, 0) is 4.74 Å². The number of methoxy groups -OCH3 is 1. The van der Waals surface area contributed by atoms with Gasteiger partial charge >= 0.3 is 0 Å². The highest BCUT2D eigenvalue weighted by atomic mass is 16.5. The zero-order valence-electron chi connectivity index (χ0n) is 13.6. The Labute approximate surface area is 123 Å². The van der Waals surface area contributed by atoms with Crippen molar-refractivity contribution in [2.45, 2.75) is 76.1 Å². The Morgan fingerprint density at radius 1 is 1.50 bits per heavy atom. The van der Waals surface area contributed by atoms with Gasteiger partial charge in [0, 0.05) is 31.3 Å². The van der Waals surface area contributed by atoms with Crippen molar-refractivity contribution in [3.05, 3.63) is 0 Å². The minimum atomic E-state index is -0.151. The summed E-state index contributed by atoms with van der Waals surface area (Å²) < 4.78 is 5.68. The molecule has 20 heavy (non-hydrogen) atoms. The van der Waals surface area contributed by atoms with E-state index in [-0.39, 0.29) is 17.7 Å². The van der Waals surface area contributed by atoms with Crippen LogP contribution in [0.25, 0.3) is 0 Å². The molecule has 1 saturated heterocycles. The number of aliphatic hydroxyl groups is 1. The second kappa shape index (κ2) is 6.30. The van der Waals surface area contributed by atoms with E-state index >= 15 is 0 Å². The molecule has 2 fully saturated rings. The van der Waals surface area contributed by atoms with Crippen LogP contribution in [0, 0.1) is 0 Å². The Kier molecular flexibility index (Phi) is 5.11. The first-order valence-corrected chi connectivity index (χ1v) is 8.07. The van der Waals surface area contributed by atoms with Gasteiger partial charge in [-0.25, -0.2) is 0 Å². The average Bonchev–Trinajstić information content (AvgIpc) is 3.22. The Morgan fingerprint density at radius 2 is 2.20 bits per heavy atom. The second-order valence-corrected chi connectivity index (χ2v) is 7.42. The Balaban J connectivity index is 1.90. The highest BCUT2D eigenvalue weighted by Gasteiger charge is 2.37. The fraction of sp³-hybridized carbons (Fsp3) is 1.00. The predicted molar refractivity (Wildman–Crippen MR) is 81.9 cm³/mol. The van der Waals surface area contributed by atoms with Crippen LogP contribution < -0.4 is 5.32 Å². The van der Waals surface area contributed by atoms with Gasteiger partial charge in [-0.1, -0.05) is 0 Å². The molecule has 0 aromatic heterocycles. The normalized spacial score (nSPS) is 32.9. The van der Waals surface area contributed by atoms with E-state index in [0.29, 0.717) is 12.1 Å². The highest BCUT2D eigenvalue weighted by molar-refractivity contribution is 4.96. The van der Waals surface area contributed by atoms with Crippen molar-refractivity contribution in [3.63, 3.8) is 0 Å². The number of nitrogens with one attached hydrogen (secondary N) is 1. The van der Waals surface area contributed by atoms with Gasteiger partial charge in [0.25, 0.3) is 0 Å². The van der Waals surface area contributed by atoms with Crippen LogP contribution >= 0.6 is 0 Å². The maximum absolute atomic E-state index is 9.75. The van der Waals surface area contributed by atoms with E-state index in [1.807, 2.05) is 7.11 Å². The molecule has 2 rings (SSSR count). The molecule has 0 spiro atoms. The molecule has 118 valence electrons. The molecule has 3 atom stereocenters. The molecule has 1 aliphatic carbocycles. The van der Waals surface area contributed by atoms with Gasteiger partial charge in [0.05, 0.1) is 12.2 Å². The Hall–Kier alpha value is -0.160. The third kappa shape index (κ3) is 4.17. The molecule has 1 heterocycles. The van der Waals surface area contributed by atoms with Gasteiger partial charge in [-0.3, -0.25) is 4.90 Å². The molecule has 0 amide bonds. The summed E-state index contributed by atoms with van der Waals surface area (Å²) in [7, 11) is 1.82. The Morgan fingerprint density at radius 3 is 2.75 bits per heavy atom. The van der Waals surface area contributed by atoms with Gasteiger partial charge in [0.1, 0.15) is 0 Å². The molecule has 4 heteroatoms. The fourth-order valence-corrected chi connectivity index (χ4v) is 3.46. The first-order chi connectivity index (χ1) is 9.40. The number of nitrogens with zero attached hydrogens (tertiary/aromatic N) is 1. The van der Waals surface area contributed by atoms with Crippen molar-refractivity contribution in [1.29, 1.82) is 0 Å². The molecule has 1 saturated carbocycles. The number of piperidine rings is 1. The largest absolute Gasteiger partial charge is 0.394 e. The van der Waals surface area contributed by atoms with Gasteiger partial charge < -0.3 is 15.2 Å². The van der Waals surface area contributed by atoms with Gasteiger partial charge in [0.15, 0.2) is 0 Å². The molecule has 1 aliphatic heterocycles. The zero-order chi connectivity index (χ0) is 14.8. The maximum Gasteiger partial charge on any atom is 0.0777 e. The summed E-state index contributed by atoms with van der Waals surface area (Å²) >= 11 is 0. The summed E-state index contributed by atoms with van der Waals surface area (Å²) in [5.41, 5.74) is -0.159. The smallest absolute Gasteiger partial charge is 0.0777 e. The first-order valence-electron chi connectivity index (χ1n) is 8.07. The molecule has 3 unspecified atom stereocenters. The number of likely N-dealkylation sites (tertiary alicyclic amines) is 1. The van der Waals surface area contributed by atoms with Crippen molar-refractivity contribution in [3.8, 4) is 0 Å². The van der Waals surface area contributed by atoms with E-state index < -0.39 is 0 Å². The molecule has 0 aromatic rings. The molecule has 0 bridgehead atoms. The van der Waals surface area contributed by atoms with E-state index in [0.717, 1.165) is 25.9 Å². The first kappa shape index (κ1) is 16.2. The molecule has 4 nitrogen and oxygen atoms in total. The highest BCUT2D eigenvalue weighted by Crippen LogP contribution is 2.29. The summed E-state index contributed by atoms with van der Waals surface area (Å²) in [5.74, 6) is 0.